The molecule has 3 heteroatoms. The lowest BCUT2D eigenvalue weighted by Gasteiger charge is -2.18. The fraction of sp³-hybridized carbons (Fsp3) is 0.444. The molecule has 0 N–H and O–H groups in total. The van der Waals surface area contributed by atoms with Gasteiger partial charge in [0.05, 0.1) is 4.47 Å². The van der Waals surface area contributed by atoms with Gasteiger partial charge in [-0.3, -0.25) is 0 Å². The molecule has 0 aliphatic rings. The number of aromatic nitrogens is 1. The highest BCUT2D eigenvalue weighted by atomic mass is 79.9. The third-order valence-electron chi connectivity index (χ3n) is 1.66. The Kier molecular flexibility index (Phi) is 2.79. The summed E-state index contributed by atoms with van der Waals surface area (Å²) in [4.78, 5) is 4.06. The zero-order valence-corrected chi connectivity index (χ0v) is 9.70. The first-order valence-electron chi connectivity index (χ1n) is 3.73. The van der Waals surface area contributed by atoms with Crippen LogP contribution in [-0.4, -0.2) is 4.98 Å². The summed E-state index contributed by atoms with van der Waals surface area (Å²) in [6.45, 7) is 6.43. The van der Waals surface area contributed by atoms with Gasteiger partial charge in [0.1, 0.15) is 5.15 Å². The Morgan fingerprint density at radius 2 is 2.00 bits per heavy atom. The van der Waals surface area contributed by atoms with E-state index in [1.54, 1.807) is 0 Å². The Balaban J connectivity index is 3.14. The summed E-state index contributed by atoms with van der Waals surface area (Å²) in [5.41, 5.74) is 1.30. The molecule has 0 aromatic carbocycles. The van der Waals surface area contributed by atoms with Gasteiger partial charge in [0, 0.05) is 6.20 Å². The lowest BCUT2D eigenvalue weighted by molar-refractivity contribution is 0.587. The van der Waals surface area contributed by atoms with Crippen molar-refractivity contribution >= 4 is 27.5 Å². The third kappa shape index (κ3) is 2.20. The second-order valence-electron chi connectivity index (χ2n) is 3.75. The molecule has 0 aliphatic heterocycles. The third-order valence-corrected chi connectivity index (χ3v) is 2.80. The van der Waals surface area contributed by atoms with Crippen molar-refractivity contribution in [2.75, 3.05) is 0 Å². The van der Waals surface area contributed by atoms with Crippen molar-refractivity contribution in [1.29, 1.82) is 0 Å². The van der Waals surface area contributed by atoms with E-state index in [9.17, 15) is 0 Å². The van der Waals surface area contributed by atoms with Gasteiger partial charge in [0.15, 0.2) is 0 Å². The van der Waals surface area contributed by atoms with Crippen molar-refractivity contribution < 1.29 is 0 Å². The number of halogens is 2. The molecule has 0 amide bonds. The first-order chi connectivity index (χ1) is 5.41. The summed E-state index contributed by atoms with van der Waals surface area (Å²) in [7, 11) is 0. The predicted molar refractivity (Wildman–Crippen MR) is 55.6 cm³/mol. The molecule has 0 saturated carbocycles. The minimum atomic E-state index is 0.125. The van der Waals surface area contributed by atoms with E-state index in [0.29, 0.717) is 5.15 Å². The van der Waals surface area contributed by atoms with Gasteiger partial charge in [-0.15, -0.1) is 0 Å². The summed E-state index contributed by atoms with van der Waals surface area (Å²) in [5, 5.41) is 0.517. The summed E-state index contributed by atoms with van der Waals surface area (Å²) in [6.07, 6.45) is 1.81. The van der Waals surface area contributed by atoms with Crippen LogP contribution >= 0.6 is 27.5 Å². The largest absolute Gasteiger partial charge is 0.243 e. The van der Waals surface area contributed by atoms with Gasteiger partial charge in [-0.2, -0.15) is 0 Å². The Morgan fingerprint density at radius 3 is 2.42 bits per heavy atom. The summed E-state index contributed by atoms with van der Waals surface area (Å²) in [6, 6.07) is 2.01. The van der Waals surface area contributed by atoms with Crippen molar-refractivity contribution in [3.63, 3.8) is 0 Å². The normalized spacial score (nSPS) is 11.8. The Hall–Kier alpha value is -0.0800. The molecule has 0 radical (unpaired) electrons. The van der Waals surface area contributed by atoms with E-state index in [1.807, 2.05) is 12.3 Å². The van der Waals surface area contributed by atoms with Crippen LogP contribution in [0.3, 0.4) is 0 Å². The Morgan fingerprint density at radius 1 is 1.42 bits per heavy atom. The lowest BCUT2D eigenvalue weighted by Crippen LogP contribution is -2.11. The SMILES string of the molecule is CC(C)(C)c1cnc(Cl)c(Br)c1. The molecule has 0 bridgehead atoms. The number of pyridine rings is 1. The molecule has 1 nitrogen and oxygen atoms in total. The highest BCUT2D eigenvalue weighted by Gasteiger charge is 2.14. The van der Waals surface area contributed by atoms with Gasteiger partial charge in [-0.25, -0.2) is 4.98 Å². The number of nitrogens with zero attached hydrogens (tertiary/aromatic N) is 1. The molecule has 1 rings (SSSR count). The van der Waals surface area contributed by atoms with Gasteiger partial charge in [-0.1, -0.05) is 32.4 Å². The molecule has 0 unspecified atom stereocenters. The van der Waals surface area contributed by atoms with E-state index in [-0.39, 0.29) is 5.41 Å². The maximum absolute atomic E-state index is 5.77. The molecule has 0 spiro atoms. The van der Waals surface area contributed by atoms with E-state index in [0.717, 1.165) is 4.47 Å². The van der Waals surface area contributed by atoms with Gasteiger partial charge in [0.25, 0.3) is 0 Å². The van der Waals surface area contributed by atoms with E-state index in [2.05, 4.69) is 41.7 Å². The minimum Gasteiger partial charge on any atom is -0.243 e. The molecule has 12 heavy (non-hydrogen) atoms. The molecular formula is C9H11BrClN. The highest BCUT2D eigenvalue weighted by molar-refractivity contribution is 9.10. The zero-order valence-electron chi connectivity index (χ0n) is 7.36. The van der Waals surface area contributed by atoms with Crippen molar-refractivity contribution in [2.45, 2.75) is 26.2 Å². The van der Waals surface area contributed by atoms with Gasteiger partial charge >= 0.3 is 0 Å². The second-order valence-corrected chi connectivity index (χ2v) is 4.96. The molecule has 0 fully saturated rings. The van der Waals surface area contributed by atoms with Crippen LogP contribution in [0.15, 0.2) is 16.7 Å². The van der Waals surface area contributed by atoms with Crippen molar-refractivity contribution in [2.24, 2.45) is 0 Å². The van der Waals surface area contributed by atoms with Crippen molar-refractivity contribution in [3.05, 3.63) is 27.5 Å². The van der Waals surface area contributed by atoms with Crippen LogP contribution in [0.2, 0.25) is 5.15 Å². The predicted octanol–water partition coefficient (Wildman–Crippen LogP) is 3.80. The quantitative estimate of drug-likeness (QED) is 0.637. The van der Waals surface area contributed by atoms with Gasteiger partial charge < -0.3 is 0 Å². The van der Waals surface area contributed by atoms with E-state index >= 15 is 0 Å². The van der Waals surface area contributed by atoms with Crippen molar-refractivity contribution in [3.8, 4) is 0 Å². The van der Waals surface area contributed by atoms with Crippen LogP contribution in [0.5, 0.6) is 0 Å². The fourth-order valence-electron chi connectivity index (χ4n) is 0.831. The van der Waals surface area contributed by atoms with Crippen LogP contribution in [0.1, 0.15) is 26.3 Å². The molecule has 1 aromatic rings. The first kappa shape index (κ1) is 10.0. The van der Waals surface area contributed by atoms with Crippen LogP contribution in [-0.2, 0) is 5.41 Å². The van der Waals surface area contributed by atoms with Crippen LogP contribution in [0.25, 0.3) is 0 Å². The molecule has 1 aromatic heterocycles. The minimum absolute atomic E-state index is 0.125. The average Bonchev–Trinajstić information content (AvgIpc) is 1.92. The van der Waals surface area contributed by atoms with E-state index in [1.165, 1.54) is 5.56 Å². The smallest absolute Gasteiger partial charge is 0.143 e. The van der Waals surface area contributed by atoms with Gasteiger partial charge in [0.2, 0.25) is 0 Å². The monoisotopic (exact) mass is 247 g/mol. The van der Waals surface area contributed by atoms with E-state index < -0.39 is 0 Å². The van der Waals surface area contributed by atoms with Crippen LogP contribution in [0.4, 0.5) is 0 Å². The second kappa shape index (κ2) is 3.35. The average molecular weight is 249 g/mol. The van der Waals surface area contributed by atoms with Crippen molar-refractivity contribution in [1.82, 2.24) is 4.98 Å². The number of hydrogen-bond acceptors (Lipinski definition) is 1. The number of hydrogen-bond donors (Lipinski definition) is 0. The first-order valence-corrected chi connectivity index (χ1v) is 4.90. The molecule has 0 atom stereocenters. The summed E-state index contributed by atoms with van der Waals surface area (Å²) >= 11 is 9.12. The fourth-order valence-corrected chi connectivity index (χ4v) is 1.28. The highest BCUT2D eigenvalue weighted by Crippen LogP contribution is 2.27. The Labute approximate surface area is 86.3 Å². The van der Waals surface area contributed by atoms with Crippen LogP contribution in [0, 0.1) is 0 Å². The molecular weight excluding hydrogens is 237 g/mol. The molecule has 66 valence electrons. The molecule has 1 heterocycles. The van der Waals surface area contributed by atoms with Crippen LogP contribution < -0.4 is 0 Å². The maximum Gasteiger partial charge on any atom is 0.143 e. The summed E-state index contributed by atoms with van der Waals surface area (Å²) < 4.78 is 0.858. The lowest BCUT2D eigenvalue weighted by atomic mass is 9.88. The van der Waals surface area contributed by atoms with Gasteiger partial charge in [-0.05, 0) is 33.0 Å². The Bertz CT molecular complexity index is 291. The number of rotatable bonds is 0. The maximum atomic E-state index is 5.77. The standard InChI is InChI=1S/C9H11BrClN/c1-9(2,3)6-4-7(10)8(11)12-5-6/h4-5H,1-3H3. The van der Waals surface area contributed by atoms with E-state index in [4.69, 9.17) is 11.6 Å². The topological polar surface area (TPSA) is 12.9 Å². The molecule has 0 aliphatic carbocycles. The zero-order chi connectivity index (χ0) is 9.35. The summed E-state index contributed by atoms with van der Waals surface area (Å²) in [5.74, 6) is 0. The molecule has 0 saturated heterocycles.